The quantitative estimate of drug-likeness (QED) is 0.534. The van der Waals surface area contributed by atoms with Crippen LogP contribution in [0.25, 0.3) is 0 Å². The van der Waals surface area contributed by atoms with Crippen LogP contribution in [0.15, 0.2) is 30.3 Å². The maximum Gasteiger partial charge on any atom is 0.313 e. The van der Waals surface area contributed by atoms with Crippen LogP contribution in [0.3, 0.4) is 0 Å². The Balaban J connectivity index is 2.25. The van der Waals surface area contributed by atoms with Crippen LogP contribution < -0.4 is 0 Å². The minimum Gasteiger partial charge on any atom is -0.466 e. The molecule has 0 saturated heterocycles. The lowest BCUT2D eigenvalue weighted by Crippen LogP contribution is -2.18. The summed E-state index contributed by atoms with van der Waals surface area (Å²) < 4.78 is 10.3. The molecule has 0 amide bonds. The fraction of sp³-hybridized carbons (Fsp3) is 0.467. The third-order valence-electron chi connectivity index (χ3n) is 2.54. The SMILES string of the molecule is CCOC(=O)CC(=O)CC(C)OCc1ccccc1. The molecule has 1 aromatic rings. The van der Waals surface area contributed by atoms with Gasteiger partial charge in [0.2, 0.25) is 0 Å². The standard InChI is InChI=1S/C15H20O4/c1-3-18-15(17)10-14(16)9-12(2)19-11-13-7-5-4-6-8-13/h4-8,12H,3,9-11H2,1-2H3. The van der Waals surface area contributed by atoms with Crippen molar-refractivity contribution >= 4 is 11.8 Å². The van der Waals surface area contributed by atoms with Gasteiger partial charge in [0.05, 0.1) is 19.3 Å². The van der Waals surface area contributed by atoms with Crippen molar-refractivity contribution in [3.8, 4) is 0 Å². The summed E-state index contributed by atoms with van der Waals surface area (Å²) in [5, 5.41) is 0. The molecule has 0 heterocycles. The summed E-state index contributed by atoms with van der Waals surface area (Å²) in [6, 6.07) is 9.75. The highest BCUT2D eigenvalue weighted by atomic mass is 16.5. The molecule has 1 atom stereocenters. The molecular weight excluding hydrogens is 244 g/mol. The predicted molar refractivity (Wildman–Crippen MR) is 71.6 cm³/mol. The summed E-state index contributed by atoms with van der Waals surface area (Å²) in [4.78, 5) is 22.7. The molecule has 0 radical (unpaired) electrons. The van der Waals surface area contributed by atoms with Gasteiger partial charge in [-0.2, -0.15) is 0 Å². The topological polar surface area (TPSA) is 52.6 Å². The molecular formula is C15H20O4. The van der Waals surface area contributed by atoms with Gasteiger partial charge >= 0.3 is 5.97 Å². The number of Topliss-reactive ketones (excluding diaryl/α,β-unsaturated/α-hetero) is 1. The molecule has 0 aliphatic rings. The van der Waals surface area contributed by atoms with Crippen LogP contribution in [0.5, 0.6) is 0 Å². The van der Waals surface area contributed by atoms with Gasteiger partial charge in [0.1, 0.15) is 12.2 Å². The zero-order valence-electron chi connectivity index (χ0n) is 11.4. The summed E-state index contributed by atoms with van der Waals surface area (Å²) >= 11 is 0. The van der Waals surface area contributed by atoms with Gasteiger partial charge in [-0.15, -0.1) is 0 Å². The Morgan fingerprint density at radius 2 is 1.89 bits per heavy atom. The Kier molecular flexibility index (Phi) is 6.82. The highest BCUT2D eigenvalue weighted by Crippen LogP contribution is 2.07. The molecule has 19 heavy (non-hydrogen) atoms. The van der Waals surface area contributed by atoms with Gasteiger partial charge in [-0.05, 0) is 19.4 Å². The van der Waals surface area contributed by atoms with Gasteiger partial charge in [-0.1, -0.05) is 30.3 Å². The first kappa shape index (κ1) is 15.4. The number of carbonyl (C=O) groups excluding carboxylic acids is 2. The van der Waals surface area contributed by atoms with E-state index in [0.717, 1.165) is 5.56 Å². The lowest BCUT2D eigenvalue weighted by atomic mass is 10.1. The zero-order valence-corrected chi connectivity index (χ0v) is 11.4. The summed E-state index contributed by atoms with van der Waals surface area (Å²) in [5.74, 6) is -0.623. The molecule has 0 aromatic heterocycles. The van der Waals surface area contributed by atoms with E-state index in [9.17, 15) is 9.59 Å². The second-order valence-corrected chi connectivity index (χ2v) is 4.33. The molecule has 1 unspecified atom stereocenters. The van der Waals surface area contributed by atoms with Crippen molar-refractivity contribution in [2.75, 3.05) is 6.61 Å². The van der Waals surface area contributed by atoms with Crippen molar-refractivity contribution in [2.24, 2.45) is 0 Å². The van der Waals surface area contributed by atoms with E-state index in [2.05, 4.69) is 0 Å². The number of benzene rings is 1. The summed E-state index contributed by atoms with van der Waals surface area (Å²) in [6.07, 6.45) is -0.152. The number of hydrogen-bond donors (Lipinski definition) is 0. The predicted octanol–water partition coefficient (Wildman–Crippen LogP) is 2.50. The number of ether oxygens (including phenoxy) is 2. The van der Waals surface area contributed by atoms with Gasteiger partial charge in [0, 0.05) is 6.42 Å². The maximum atomic E-state index is 11.6. The van der Waals surface area contributed by atoms with Gasteiger partial charge in [-0.3, -0.25) is 9.59 Å². The van der Waals surface area contributed by atoms with E-state index < -0.39 is 5.97 Å². The van der Waals surface area contributed by atoms with E-state index >= 15 is 0 Å². The monoisotopic (exact) mass is 264 g/mol. The summed E-state index contributed by atoms with van der Waals surface area (Å²) in [6.45, 7) is 4.31. The van der Waals surface area contributed by atoms with Crippen LogP contribution in [0.4, 0.5) is 0 Å². The van der Waals surface area contributed by atoms with Crippen LogP contribution >= 0.6 is 0 Å². The van der Waals surface area contributed by atoms with Crippen molar-refractivity contribution in [1.82, 2.24) is 0 Å². The van der Waals surface area contributed by atoms with Crippen molar-refractivity contribution < 1.29 is 19.1 Å². The maximum absolute atomic E-state index is 11.6. The lowest BCUT2D eigenvalue weighted by Gasteiger charge is -2.12. The molecule has 0 bridgehead atoms. The average Bonchev–Trinajstić information content (AvgIpc) is 2.37. The van der Waals surface area contributed by atoms with Crippen molar-refractivity contribution in [3.05, 3.63) is 35.9 Å². The molecule has 0 spiro atoms. The van der Waals surface area contributed by atoms with Crippen LogP contribution in [0.1, 0.15) is 32.3 Å². The number of rotatable bonds is 8. The molecule has 0 aliphatic heterocycles. The van der Waals surface area contributed by atoms with E-state index in [0.29, 0.717) is 13.2 Å². The minimum atomic E-state index is -0.470. The van der Waals surface area contributed by atoms with Gasteiger partial charge < -0.3 is 9.47 Å². The summed E-state index contributed by atoms with van der Waals surface area (Å²) in [5.41, 5.74) is 1.06. The Morgan fingerprint density at radius 3 is 2.53 bits per heavy atom. The molecule has 0 N–H and O–H groups in total. The van der Waals surface area contributed by atoms with Crippen molar-refractivity contribution in [3.63, 3.8) is 0 Å². The van der Waals surface area contributed by atoms with Crippen LogP contribution in [0, 0.1) is 0 Å². The fourth-order valence-corrected chi connectivity index (χ4v) is 1.64. The van der Waals surface area contributed by atoms with Gasteiger partial charge in [0.15, 0.2) is 0 Å². The van der Waals surface area contributed by atoms with Crippen molar-refractivity contribution in [1.29, 1.82) is 0 Å². The molecule has 4 nitrogen and oxygen atoms in total. The molecule has 0 saturated carbocycles. The van der Waals surface area contributed by atoms with E-state index in [1.165, 1.54) is 0 Å². The van der Waals surface area contributed by atoms with Crippen molar-refractivity contribution in [2.45, 2.75) is 39.4 Å². The average molecular weight is 264 g/mol. The molecule has 104 valence electrons. The first-order valence-electron chi connectivity index (χ1n) is 6.44. The molecule has 4 heteroatoms. The number of esters is 1. The summed E-state index contributed by atoms with van der Waals surface area (Å²) in [7, 11) is 0. The molecule has 0 fully saturated rings. The largest absolute Gasteiger partial charge is 0.466 e. The Morgan fingerprint density at radius 1 is 1.21 bits per heavy atom. The molecule has 1 rings (SSSR count). The van der Waals surface area contributed by atoms with E-state index in [4.69, 9.17) is 9.47 Å². The van der Waals surface area contributed by atoms with Crippen LogP contribution in [0.2, 0.25) is 0 Å². The number of ketones is 1. The minimum absolute atomic E-state index is 0.154. The van der Waals surface area contributed by atoms with E-state index in [-0.39, 0.29) is 24.7 Å². The second-order valence-electron chi connectivity index (χ2n) is 4.33. The lowest BCUT2D eigenvalue weighted by molar-refractivity contribution is -0.146. The fourth-order valence-electron chi connectivity index (χ4n) is 1.64. The van der Waals surface area contributed by atoms with Gasteiger partial charge in [0.25, 0.3) is 0 Å². The normalized spacial score (nSPS) is 11.9. The van der Waals surface area contributed by atoms with Crippen LogP contribution in [-0.2, 0) is 25.7 Å². The number of hydrogen-bond acceptors (Lipinski definition) is 4. The van der Waals surface area contributed by atoms with E-state index in [1.54, 1.807) is 6.92 Å². The Labute approximate surface area is 113 Å². The highest BCUT2D eigenvalue weighted by molar-refractivity contribution is 5.95. The van der Waals surface area contributed by atoms with Crippen LogP contribution in [-0.4, -0.2) is 24.5 Å². The first-order valence-corrected chi connectivity index (χ1v) is 6.44. The Bertz CT molecular complexity index is 400. The third-order valence-corrected chi connectivity index (χ3v) is 2.54. The molecule has 0 aliphatic carbocycles. The van der Waals surface area contributed by atoms with Gasteiger partial charge in [-0.25, -0.2) is 0 Å². The number of carbonyl (C=O) groups is 2. The second kappa shape index (κ2) is 8.43. The first-order chi connectivity index (χ1) is 9.11. The molecule has 1 aromatic carbocycles. The smallest absolute Gasteiger partial charge is 0.313 e. The Hall–Kier alpha value is -1.68. The zero-order chi connectivity index (χ0) is 14.1. The highest BCUT2D eigenvalue weighted by Gasteiger charge is 2.14. The van der Waals surface area contributed by atoms with E-state index in [1.807, 2.05) is 37.3 Å². The third kappa shape index (κ3) is 6.72.